The molecule has 0 saturated heterocycles. The Morgan fingerprint density at radius 3 is 2.05 bits per heavy atom. The van der Waals surface area contributed by atoms with E-state index < -0.39 is 5.41 Å². The topological polar surface area (TPSA) is 155 Å². The Labute approximate surface area is 438 Å². The molecule has 0 aliphatic heterocycles. The third-order valence-corrected chi connectivity index (χ3v) is 11.8. The molecule has 6 rings (SSSR count). The van der Waals surface area contributed by atoms with Crippen molar-refractivity contribution in [2.45, 2.75) is 77.9 Å². The molecule has 0 aliphatic rings. The van der Waals surface area contributed by atoms with E-state index in [0.29, 0.717) is 34.7 Å². The molecule has 4 aromatic carbocycles. The van der Waals surface area contributed by atoms with E-state index in [1.165, 1.54) is 5.56 Å². The van der Waals surface area contributed by atoms with Gasteiger partial charge in [-0.25, -0.2) is 4.98 Å². The fourth-order valence-electron chi connectivity index (χ4n) is 7.75. The number of rotatable bonds is 21. The van der Waals surface area contributed by atoms with Gasteiger partial charge in [-0.2, -0.15) is 10.5 Å². The molecular weight excluding hydrogens is 891 g/mol. The Kier molecular flexibility index (Phi) is 23.5. The number of hydrogen-bond donors (Lipinski definition) is 1. The maximum absolute atomic E-state index is 10.2. The largest absolute Gasteiger partial charge is 1.00 e. The van der Waals surface area contributed by atoms with Crippen molar-refractivity contribution in [2.75, 3.05) is 48.6 Å². The second kappa shape index (κ2) is 27.6. The zero-order valence-corrected chi connectivity index (χ0v) is 43.9. The molecule has 0 radical (unpaired) electrons. The number of unbranched alkanes of at least 4 members (excludes halogenated alkanes) is 1. The number of nitriles is 1. The van der Waals surface area contributed by atoms with Crippen LogP contribution in [-0.2, 0) is 31.4 Å². The van der Waals surface area contributed by atoms with Crippen molar-refractivity contribution in [1.29, 1.82) is 5.26 Å². The third-order valence-electron chi connectivity index (χ3n) is 11.5. The number of aryl methyl sites for hydroxylation is 1. The molecule has 0 saturated carbocycles. The number of tetrazole rings is 1. The molecule has 0 aliphatic carbocycles. The maximum Gasteiger partial charge on any atom is 1.00 e. The van der Waals surface area contributed by atoms with E-state index in [0.717, 1.165) is 96.8 Å². The van der Waals surface area contributed by atoms with Gasteiger partial charge in [0.05, 0.1) is 52.2 Å². The predicted octanol–water partition coefficient (Wildman–Crippen LogP) is 6.41. The van der Waals surface area contributed by atoms with E-state index >= 15 is 0 Å². The summed E-state index contributed by atoms with van der Waals surface area (Å²) in [6.45, 7) is 8.68. The van der Waals surface area contributed by atoms with E-state index in [1.807, 2.05) is 59.2 Å². The van der Waals surface area contributed by atoms with Crippen molar-refractivity contribution in [3.05, 3.63) is 118 Å². The Morgan fingerprint density at radius 1 is 0.831 bits per heavy atom. The molecule has 2 aromatic heterocycles. The first-order chi connectivity index (χ1) is 30.5. The summed E-state index contributed by atoms with van der Waals surface area (Å²) in [6.07, 6.45) is 5.55. The van der Waals surface area contributed by atoms with Crippen molar-refractivity contribution in [3.63, 3.8) is 0 Å². The number of halogens is 2. The summed E-state index contributed by atoms with van der Waals surface area (Å²) in [4.78, 5) is 6.78. The maximum atomic E-state index is 10.2. The first-order valence-corrected chi connectivity index (χ1v) is 21.7. The fourth-order valence-corrected chi connectivity index (χ4v) is 8.01. The SMILES string of the molecule is CCCCc1nc(Cl)c(CO)n1Cc1ccc(-c2ccccc2-c2nnn[n-]2)cc1.COc1ccc(CCN(C)CCCC(C#N)(c2ccc(OC)c(OC)c2)C(C)C)cc1OC.Cl.[K+]. The van der Waals surface area contributed by atoms with Crippen LogP contribution in [0.1, 0.15) is 74.7 Å². The van der Waals surface area contributed by atoms with Crippen molar-refractivity contribution >= 4 is 24.0 Å². The van der Waals surface area contributed by atoms with E-state index in [9.17, 15) is 10.4 Å². The molecule has 65 heavy (non-hydrogen) atoms. The smallest absolute Gasteiger partial charge is 0.493 e. The number of aliphatic hydroxyl groups is 1. The Hall–Kier alpha value is -4.01. The number of ether oxygens (including phenoxy) is 4. The second-order valence-corrected chi connectivity index (χ2v) is 16.1. The van der Waals surface area contributed by atoms with Gasteiger partial charge in [-0.1, -0.05) is 99.5 Å². The third kappa shape index (κ3) is 14.2. The van der Waals surface area contributed by atoms with Crippen LogP contribution in [0, 0.1) is 17.2 Å². The first-order valence-electron chi connectivity index (χ1n) is 21.3. The van der Waals surface area contributed by atoms with Crippen LogP contribution < -0.4 is 75.4 Å². The van der Waals surface area contributed by atoms with Crippen molar-refractivity contribution < 1.29 is 75.4 Å². The monoisotopic (exact) mass is 950 g/mol. The number of methoxy groups -OCH3 is 4. The summed E-state index contributed by atoms with van der Waals surface area (Å²) in [5, 5.41) is 35.5. The number of likely N-dealkylation sites (N-methyl/N-ethyl adjacent to an activating group) is 1. The van der Waals surface area contributed by atoms with Gasteiger partial charge in [0.15, 0.2) is 28.2 Å². The number of aromatic nitrogens is 6. The van der Waals surface area contributed by atoms with Gasteiger partial charge in [0.2, 0.25) is 0 Å². The Morgan fingerprint density at radius 2 is 1.46 bits per heavy atom. The van der Waals surface area contributed by atoms with Crippen molar-refractivity contribution in [2.24, 2.45) is 5.92 Å². The summed E-state index contributed by atoms with van der Waals surface area (Å²) in [5.41, 5.74) is 6.32. The van der Waals surface area contributed by atoms with Gasteiger partial charge in [0.1, 0.15) is 5.82 Å². The van der Waals surface area contributed by atoms with E-state index in [-0.39, 0.29) is 76.3 Å². The van der Waals surface area contributed by atoms with Crippen LogP contribution in [0.25, 0.3) is 22.5 Å². The zero-order valence-electron chi connectivity index (χ0n) is 39.2. The van der Waals surface area contributed by atoms with Crippen LogP contribution in [0.2, 0.25) is 5.15 Å². The van der Waals surface area contributed by atoms with Crippen LogP contribution in [0.15, 0.2) is 84.9 Å². The van der Waals surface area contributed by atoms with Crippen LogP contribution in [0.3, 0.4) is 0 Å². The first kappa shape index (κ1) is 55.3. The zero-order chi connectivity index (χ0) is 45.4. The number of hydrogen-bond acceptors (Lipinski definition) is 11. The van der Waals surface area contributed by atoms with E-state index in [1.54, 1.807) is 28.4 Å². The fraction of sp³-hybridized carbons (Fsp3) is 0.408. The van der Waals surface area contributed by atoms with Crippen LogP contribution in [0.5, 0.6) is 23.0 Å². The normalized spacial score (nSPS) is 11.7. The van der Waals surface area contributed by atoms with Gasteiger partial charge >= 0.3 is 51.4 Å². The molecule has 16 heteroatoms. The van der Waals surface area contributed by atoms with Crippen molar-refractivity contribution in [1.82, 2.24) is 35.1 Å². The molecule has 0 fully saturated rings. The summed E-state index contributed by atoms with van der Waals surface area (Å²) in [6, 6.07) is 30.7. The molecule has 1 N–H and O–H groups in total. The molecule has 0 bridgehead atoms. The number of aliphatic hydroxyl groups excluding tert-OH is 1. The second-order valence-electron chi connectivity index (χ2n) is 15.7. The molecule has 0 spiro atoms. The minimum absolute atomic E-state index is 0. The van der Waals surface area contributed by atoms with Crippen LogP contribution >= 0.6 is 24.0 Å². The summed E-state index contributed by atoms with van der Waals surface area (Å²) in [5.74, 6) is 4.41. The summed E-state index contributed by atoms with van der Waals surface area (Å²) >= 11 is 6.25. The molecule has 1 atom stereocenters. The molecule has 1 unspecified atom stereocenters. The molecular formula is C49H61Cl2KN8O5. The number of imidazole rings is 1. The van der Waals surface area contributed by atoms with Crippen LogP contribution in [-0.4, -0.2) is 83.7 Å². The van der Waals surface area contributed by atoms with Gasteiger partial charge < -0.3 is 38.6 Å². The minimum atomic E-state index is -0.580. The summed E-state index contributed by atoms with van der Waals surface area (Å²) < 4.78 is 23.6. The molecule has 0 amide bonds. The van der Waals surface area contributed by atoms with Gasteiger partial charge in [-0.3, -0.25) is 10.3 Å². The number of nitrogens with zero attached hydrogens (tertiary/aromatic N) is 8. The van der Waals surface area contributed by atoms with Gasteiger partial charge in [0.25, 0.3) is 0 Å². The average Bonchev–Trinajstić information content (AvgIpc) is 3.96. The molecule has 342 valence electrons. The molecule has 6 aromatic rings. The van der Waals surface area contributed by atoms with Crippen LogP contribution in [0.4, 0.5) is 0 Å². The van der Waals surface area contributed by atoms with Crippen molar-refractivity contribution in [3.8, 4) is 51.6 Å². The van der Waals surface area contributed by atoms with Gasteiger partial charge in [-0.05, 0) is 103 Å². The molecule has 2 heterocycles. The Balaban J connectivity index is 0.000000336. The minimum Gasteiger partial charge on any atom is -0.493 e. The quantitative estimate of drug-likeness (QED) is 0.0793. The summed E-state index contributed by atoms with van der Waals surface area (Å²) in [7, 11) is 8.67. The van der Waals surface area contributed by atoms with E-state index in [2.05, 4.69) is 94.7 Å². The number of benzene rings is 4. The van der Waals surface area contributed by atoms with E-state index in [4.69, 9.17) is 30.5 Å². The molecule has 13 nitrogen and oxygen atoms in total. The van der Waals surface area contributed by atoms with Gasteiger partial charge in [-0.15, -0.1) is 12.4 Å². The average molecular weight is 952 g/mol. The Bertz CT molecular complexity index is 2390. The standard InChI is InChI=1S/C27H38N2O4.C22H22ClN6O.ClH.K/c1-20(2)27(19-28,22-10-12-24(31-5)26(18-22)33-7)14-8-15-29(3)16-13-21-9-11-23(30-4)25(17-21)32-6;1-2-3-8-20-24-21(23)19(14-30)29(20)13-15-9-11-16(12-10-15)17-6-4-5-7-18(17)22-25-27-28-26-22;;/h9-12,17-18,20H,8,13-16H2,1-7H3;4-7,9-12,30H,2-3,8,13-14H2,1H3;1H;/q;-1;;+1. The predicted molar refractivity (Wildman–Crippen MR) is 254 cm³/mol. The van der Waals surface area contributed by atoms with Gasteiger partial charge in [0, 0.05) is 25.3 Å².